The lowest BCUT2D eigenvalue weighted by molar-refractivity contribution is -0.0520. The van der Waals surface area contributed by atoms with Crippen molar-refractivity contribution in [2.75, 3.05) is 33.4 Å². The highest BCUT2D eigenvalue weighted by molar-refractivity contribution is 5.74. The van der Waals surface area contributed by atoms with E-state index in [1.54, 1.807) is 7.11 Å². The Morgan fingerprint density at radius 2 is 1.67 bits per heavy atom. The number of aliphatic hydroxyl groups is 1. The zero-order chi connectivity index (χ0) is 20.8. The van der Waals surface area contributed by atoms with Gasteiger partial charge in [-0.05, 0) is 22.8 Å². The Balaban J connectivity index is 1.60. The molecule has 1 aliphatic heterocycles. The van der Waals surface area contributed by atoms with Gasteiger partial charge in [0, 0.05) is 31.1 Å². The van der Waals surface area contributed by atoms with Crippen molar-refractivity contribution in [1.82, 2.24) is 4.90 Å². The zero-order valence-electron chi connectivity index (χ0n) is 17.4. The van der Waals surface area contributed by atoms with Gasteiger partial charge in [-0.1, -0.05) is 72.8 Å². The predicted octanol–water partition coefficient (Wildman–Crippen LogP) is 4.34. The molecule has 0 amide bonds. The molecular formula is C26H29NO3. The van der Waals surface area contributed by atoms with Crippen LogP contribution in [0.3, 0.4) is 0 Å². The second kappa shape index (κ2) is 9.90. The number of para-hydroxylation sites is 1. The molecule has 3 aromatic rings. The summed E-state index contributed by atoms with van der Waals surface area (Å²) >= 11 is 0. The van der Waals surface area contributed by atoms with Gasteiger partial charge in [-0.25, -0.2) is 0 Å². The Bertz CT molecular complexity index is 944. The molecule has 1 N–H and O–H groups in total. The van der Waals surface area contributed by atoms with Crippen LogP contribution in [0, 0.1) is 0 Å². The lowest BCUT2D eigenvalue weighted by Gasteiger charge is -2.37. The normalized spacial score (nSPS) is 18.1. The number of benzene rings is 3. The van der Waals surface area contributed by atoms with Crippen molar-refractivity contribution in [2.45, 2.75) is 18.6 Å². The summed E-state index contributed by atoms with van der Waals surface area (Å²) < 4.78 is 11.8. The second-order valence-corrected chi connectivity index (χ2v) is 7.71. The number of rotatable bonds is 7. The molecule has 3 aromatic carbocycles. The molecule has 0 aromatic heterocycles. The number of nitrogens with zero attached hydrogens (tertiary/aromatic N) is 1. The minimum Gasteiger partial charge on any atom is -0.496 e. The van der Waals surface area contributed by atoms with Gasteiger partial charge in [0.25, 0.3) is 0 Å². The van der Waals surface area contributed by atoms with Crippen molar-refractivity contribution in [3.63, 3.8) is 0 Å². The standard InChI is InChI=1S/C26H29NO3/c1-29-25-14-8-7-13-23(25)21-11-5-6-12-22(21)24(19-28)26-18-27(15-16-30-26)17-20-9-3-2-4-10-20/h2-14,24,26,28H,15-19H2,1H3. The Morgan fingerprint density at radius 3 is 2.43 bits per heavy atom. The summed E-state index contributed by atoms with van der Waals surface area (Å²) in [6.07, 6.45) is -0.0664. The van der Waals surface area contributed by atoms with Crippen molar-refractivity contribution in [1.29, 1.82) is 0 Å². The number of ether oxygens (including phenoxy) is 2. The summed E-state index contributed by atoms with van der Waals surface area (Å²) in [4.78, 5) is 2.41. The average molecular weight is 404 g/mol. The Labute approximate surface area is 178 Å². The van der Waals surface area contributed by atoms with Crippen LogP contribution in [-0.2, 0) is 11.3 Å². The Morgan fingerprint density at radius 1 is 0.967 bits per heavy atom. The van der Waals surface area contributed by atoms with Crippen LogP contribution in [0.2, 0.25) is 0 Å². The lowest BCUT2D eigenvalue weighted by Crippen LogP contribution is -2.45. The van der Waals surface area contributed by atoms with Crippen LogP contribution in [-0.4, -0.2) is 49.5 Å². The quantitative estimate of drug-likeness (QED) is 0.637. The first-order chi connectivity index (χ1) is 14.8. The number of hydrogen-bond donors (Lipinski definition) is 1. The maximum atomic E-state index is 10.4. The molecule has 2 atom stereocenters. The average Bonchev–Trinajstić information content (AvgIpc) is 2.81. The molecule has 1 aliphatic rings. The van der Waals surface area contributed by atoms with Gasteiger partial charge >= 0.3 is 0 Å². The van der Waals surface area contributed by atoms with E-state index < -0.39 is 0 Å². The molecule has 1 saturated heterocycles. The third kappa shape index (κ3) is 4.57. The number of methoxy groups -OCH3 is 1. The van der Waals surface area contributed by atoms with Crippen LogP contribution in [0.1, 0.15) is 17.0 Å². The van der Waals surface area contributed by atoms with Crippen molar-refractivity contribution < 1.29 is 14.6 Å². The van der Waals surface area contributed by atoms with Crippen molar-refractivity contribution in [3.8, 4) is 16.9 Å². The minimum absolute atomic E-state index is 0.0377. The van der Waals surface area contributed by atoms with Gasteiger partial charge in [0.1, 0.15) is 5.75 Å². The minimum atomic E-state index is -0.107. The van der Waals surface area contributed by atoms with Crippen molar-refractivity contribution >= 4 is 0 Å². The molecule has 4 rings (SSSR count). The van der Waals surface area contributed by atoms with Gasteiger partial charge in [0.05, 0.1) is 26.4 Å². The fourth-order valence-corrected chi connectivity index (χ4v) is 4.31. The van der Waals surface area contributed by atoms with Gasteiger partial charge in [0.2, 0.25) is 0 Å². The molecule has 0 aliphatic carbocycles. The first-order valence-electron chi connectivity index (χ1n) is 10.5. The molecular weight excluding hydrogens is 374 g/mol. The molecule has 0 saturated carbocycles. The predicted molar refractivity (Wildman–Crippen MR) is 120 cm³/mol. The van der Waals surface area contributed by atoms with Crippen LogP contribution >= 0.6 is 0 Å². The molecule has 1 heterocycles. The zero-order valence-corrected chi connectivity index (χ0v) is 17.4. The van der Waals surface area contributed by atoms with Crippen LogP contribution in [0.15, 0.2) is 78.9 Å². The molecule has 156 valence electrons. The van der Waals surface area contributed by atoms with E-state index in [2.05, 4.69) is 47.4 Å². The number of aliphatic hydroxyl groups excluding tert-OH is 1. The summed E-state index contributed by atoms with van der Waals surface area (Å²) in [7, 11) is 1.69. The molecule has 2 unspecified atom stereocenters. The summed E-state index contributed by atoms with van der Waals surface area (Å²) in [5.74, 6) is 0.724. The van der Waals surface area contributed by atoms with Crippen LogP contribution in [0.5, 0.6) is 5.75 Å². The smallest absolute Gasteiger partial charge is 0.126 e. The third-order valence-electron chi connectivity index (χ3n) is 5.83. The van der Waals surface area contributed by atoms with Gasteiger partial charge < -0.3 is 14.6 Å². The molecule has 30 heavy (non-hydrogen) atoms. The summed E-state index contributed by atoms with van der Waals surface area (Å²) in [5.41, 5.74) is 4.51. The summed E-state index contributed by atoms with van der Waals surface area (Å²) in [6, 6.07) is 26.8. The van der Waals surface area contributed by atoms with Gasteiger partial charge in [0.15, 0.2) is 0 Å². The highest BCUT2D eigenvalue weighted by Gasteiger charge is 2.30. The lowest BCUT2D eigenvalue weighted by atomic mass is 9.86. The largest absolute Gasteiger partial charge is 0.496 e. The van der Waals surface area contributed by atoms with Crippen LogP contribution in [0.4, 0.5) is 0 Å². The van der Waals surface area contributed by atoms with E-state index in [-0.39, 0.29) is 18.6 Å². The van der Waals surface area contributed by atoms with E-state index >= 15 is 0 Å². The monoisotopic (exact) mass is 403 g/mol. The van der Waals surface area contributed by atoms with E-state index in [4.69, 9.17) is 9.47 Å². The number of hydrogen-bond acceptors (Lipinski definition) is 4. The van der Waals surface area contributed by atoms with Gasteiger partial charge in [-0.3, -0.25) is 4.90 Å². The summed E-state index contributed by atoms with van der Waals surface area (Å²) in [6.45, 7) is 3.30. The highest BCUT2D eigenvalue weighted by Crippen LogP contribution is 2.37. The fraction of sp³-hybridized carbons (Fsp3) is 0.308. The van der Waals surface area contributed by atoms with Crippen LogP contribution < -0.4 is 4.74 Å². The topological polar surface area (TPSA) is 41.9 Å². The Hall–Kier alpha value is -2.66. The molecule has 0 bridgehead atoms. The van der Waals surface area contributed by atoms with Gasteiger partial charge in [-0.15, -0.1) is 0 Å². The molecule has 4 nitrogen and oxygen atoms in total. The highest BCUT2D eigenvalue weighted by atomic mass is 16.5. The van der Waals surface area contributed by atoms with E-state index in [9.17, 15) is 5.11 Å². The van der Waals surface area contributed by atoms with Crippen LogP contribution in [0.25, 0.3) is 11.1 Å². The maximum Gasteiger partial charge on any atom is 0.126 e. The first kappa shape index (κ1) is 20.6. The Kier molecular flexibility index (Phi) is 6.80. The molecule has 4 heteroatoms. The SMILES string of the molecule is COc1ccccc1-c1ccccc1C(CO)C1CN(Cc2ccccc2)CCO1. The van der Waals surface area contributed by atoms with Gasteiger partial charge in [-0.2, -0.15) is 0 Å². The first-order valence-corrected chi connectivity index (χ1v) is 10.5. The molecule has 0 radical (unpaired) electrons. The molecule has 0 spiro atoms. The van der Waals surface area contributed by atoms with E-state index in [1.807, 2.05) is 36.4 Å². The maximum absolute atomic E-state index is 10.4. The fourth-order valence-electron chi connectivity index (χ4n) is 4.31. The van der Waals surface area contributed by atoms with E-state index in [0.29, 0.717) is 6.61 Å². The van der Waals surface area contributed by atoms with Crippen molar-refractivity contribution in [3.05, 3.63) is 90.0 Å². The molecule has 1 fully saturated rings. The van der Waals surface area contributed by atoms with Crippen molar-refractivity contribution in [2.24, 2.45) is 0 Å². The third-order valence-corrected chi connectivity index (χ3v) is 5.83. The second-order valence-electron chi connectivity index (χ2n) is 7.71. The number of morpholine rings is 1. The summed E-state index contributed by atoms with van der Waals surface area (Å²) in [5, 5.41) is 10.4. The van der Waals surface area contributed by atoms with E-state index in [0.717, 1.165) is 42.1 Å². The van der Waals surface area contributed by atoms with E-state index in [1.165, 1.54) is 5.56 Å².